The molecule has 0 unspecified atom stereocenters. The lowest BCUT2D eigenvalue weighted by Gasteiger charge is -2.01. The first-order valence-electron chi connectivity index (χ1n) is 5.85. The van der Waals surface area contributed by atoms with E-state index in [1.54, 1.807) is 10.9 Å². The first-order chi connectivity index (χ1) is 8.60. The molecule has 5 heteroatoms. The third-order valence-electron chi connectivity index (χ3n) is 2.70. The molecule has 18 heavy (non-hydrogen) atoms. The van der Waals surface area contributed by atoms with Crippen molar-refractivity contribution < 1.29 is 13.9 Å². The molecule has 96 valence electrons. The van der Waals surface area contributed by atoms with Crippen molar-refractivity contribution in [1.29, 1.82) is 0 Å². The Hall–Kier alpha value is -2.04. The number of carbonyl (C=O) groups is 1. The molecule has 2 aromatic rings. The topological polar surface area (TPSA) is 57.3 Å². The Bertz CT molecular complexity index is 554. The minimum Gasteiger partial charge on any atom is -0.466 e. The van der Waals surface area contributed by atoms with Crippen LogP contribution in [0.15, 0.2) is 22.9 Å². The number of furan rings is 1. The highest BCUT2D eigenvalue weighted by Gasteiger charge is 2.12. The predicted octanol–water partition coefficient (Wildman–Crippen LogP) is 2.47. The number of rotatable bonds is 4. The summed E-state index contributed by atoms with van der Waals surface area (Å²) in [5.74, 6) is 1.23. The van der Waals surface area contributed by atoms with Crippen molar-refractivity contribution in [1.82, 2.24) is 9.78 Å². The number of hydrogen-bond acceptors (Lipinski definition) is 4. The largest absolute Gasteiger partial charge is 0.466 e. The smallest absolute Gasteiger partial charge is 0.341 e. The van der Waals surface area contributed by atoms with Gasteiger partial charge in [0.05, 0.1) is 11.8 Å². The number of hydrogen-bond donors (Lipinski definition) is 0. The Morgan fingerprint density at radius 2 is 2.28 bits per heavy atom. The Kier molecular flexibility index (Phi) is 3.50. The number of carbonyl (C=O) groups excluding carboxylic acids is 1. The van der Waals surface area contributed by atoms with Gasteiger partial charge >= 0.3 is 5.97 Å². The first kappa shape index (κ1) is 12.4. The van der Waals surface area contributed by atoms with Crippen LogP contribution < -0.4 is 0 Å². The number of nitrogens with zero attached hydrogens (tertiary/aromatic N) is 2. The molecule has 0 amide bonds. The minimum atomic E-state index is -0.368. The summed E-state index contributed by atoms with van der Waals surface area (Å²) >= 11 is 0. The molecule has 0 fully saturated rings. The van der Waals surface area contributed by atoms with Crippen LogP contribution in [0.4, 0.5) is 0 Å². The standard InChI is InChI=1S/C13H16N2O3/c1-4-15-7-12(6-14-15)13(16)17-8-11-5-9(2)18-10(11)3/h5-7H,4,8H2,1-3H3. The molecular weight excluding hydrogens is 232 g/mol. The van der Waals surface area contributed by atoms with Crippen molar-refractivity contribution in [2.45, 2.75) is 33.9 Å². The van der Waals surface area contributed by atoms with Crippen molar-refractivity contribution in [3.63, 3.8) is 0 Å². The maximum absolute atomic E-state index is 11.8. The van der Waals surface area contributed by atoms with Gasteiger partial charge in [-0.05, 0) is 26.8 Å². The van der Waals surface area contributed by atoms with Crippen molar-refractivity contribution in [3.8, 4) is 0 Å². The molecule has 0 aliphatic rings. The first-order valence-corrected chi connectivity index (χ1v) is 5.85. The molecule has 2 rings (SSSR count). The van der Waals surface area contributed by atoms with E-state index in [-0.39, 0.29) is 12.6 Å². The van der Waals surface area contributed by atoms with Crippen LogP contribution >= 0.6 is 0 Å². The second-order valence-corrected chi connectivity index (χ2v) is 4.10. The lowest BCUT2D eigenvalue weighted by Crippen LogP contribution is -2.04. The van der Waals surface area contributed by atoms with Crippen LogP contribution in [0, 0.1) is 13.8 Å². The van der Waals surface area contributed by atoms with Gasteiger partial charge in [-0.3, -0.25) is 4.68 Å². The van der Waals surface area contributed by atoms with Crippen LogP contribution in [0.1, 0.15) is 34.4 Å². The maximum Gasteiger partial charge on any atom is 0.341 e. The average molecular weight is 248 g/mol. The minimum absolute atomic E-state index is 0.222. The van der Waals surface area contributed by atoms with Gasteiger partial charge in [0.2, 0.25) is 0 Å². The zero-order valence-electron chi connectivity index (χ0n) is 10.8. The summed E-state index contributed by atoms with van der Waals surface area (Å²) in [6, 6.07) is 1.87. The molecule has 0 aliphatic carbocycles. The van der Waals surface area contributed by atoms with E-state index >= 15 is 0 Å². The monoisotopic (exact) mass is 248 g/mol. The van der Waals surface area contributed by atoms with E-state index in [1.807, 2.05) is 26.8 Å². The second-order valence-electron chi connectivity index (χ2n) is 4.10. The van der Waals surface area contributed by atoms with Crippen LogP contribution in [0.3, 0.4) is 0 Å². The molecule has 0 aromatic carbocycles. The highest BCUT2D eigenvalue weighted by atomic mass is 16.5. The normalized spacial score (nSPS) is 10.6. The third kappa shape index (κ3) is 2.61. The predicted molar refractivity (Wildman–Crippen MR) is 65.2 cm³/mol. The quantitative estimate of drug-likeness (QED) is 0.780. The summed E-state index contributed by atoms with van der Waals surface area (Å²) in [5.41, 5.74) is 1.36. The van der Waals surface area contributed by atoms with Gasteiger partial charge in [0.1, 0.15) is 18.1 Å². The van der Waals surface area contributed by atoms with Crippen LogP contribution in [-0.2, 0) is 17.9 Å². The summed E-state index contributed by atoms with van der Waals surface area (Å²) in [5, 5.41) is 4.03. The van der Waals surface area contributed by atoms with Crippen molar-refractivity contribution >= 4 is 5.97 Å². The SMILES string of the molecule is CCn1cc(C(=O)OCc2cc(C)oc2C)cn1. The number of esters is 1. The Labute approximate surface area is 105 Å². The highest BCUT2D eigenvalue weighted by molar-refractivity contribution is 5.88. The van der Waals surface area contributed by atoms with Crippen molar-refractivity contribution in [2.24, 2.45) is 0 Å². The van der Waals surface area contributed by atoms with E-state index in [4.69, 9.17) is 9.15 Å². The van der Waals surface area contributed by atoms with E-state index < -0.39 is 0 Å². The molecular formula is C13H16N2O3. The Morgan fingerprint density at radius 3 is 2.83 bits per heavy atom. The van der Waals surface area contributed by atoms with Gasteiger partial charge in [-0.25, -0.2) is 4.79 Å². The van der Waals surface area contributed by atoms with Gasteiger partial charge in [-0.15, -0.1) is 0 Å². The van der Waals surface area contributed by atoms with Crippen LogP contribution in [-0.4, -0.2) is 15.7 Å². The van der Waals surface area contributed by atoms with Gasteiger partial charge in [0, 0.05) is 18.3 Å². The van der Waals surface area contributed by atoms with E-state index in [2.05, 4.69) is 5.10 Å². The fourth-order valence-corrected chi connectivity index (χ4v) is 1.70. The lowest BCUT2D eigenvalue weighted by molar-refractivity contribution is 0.0471. The molecule has 0 bridgehead atoms. The molecule has 0 spiro atoms. The van der Waals surface area contributed by atoms with Crippen LogP contribution in [0.5, 0.6) is 0 Å². The van der Waals surface area contributed by atoms with Crippen LogP contribution in [0.25, 0.3) is 0 Å². The summed E-state index contributed by atoms with van der Waals surface area (Å²) < 4.78 is 12.3. The summed E-state index contributed by atoms with van der Waals surface area (Å²) in [4.78, 5) is 11.8. The molecule has 2 aromatic heterocycles. The van der Waals surface area contributed by atoms with Crippen molar-refractivity contribution in [3.05, 3.63) is 41.1 Å². The third-order valence-corrected chi connectivity index (χ3v) is 2.70. The molecule has 0 saturated heterocycles. The molecule has 0 radical (unpaired) electrons. The number of ether oxygens (including phenoxy) is 1. The fraction of sp³-hybridized carbons (Fsp3) is 0.385. The Balaban J connectivity index is 1.98. The lowest BCUT2D eigenvalue weighted by atomic mass is 10.2. The summed E-state index contributed by atoms with van der Waals surface area (Å²) in [6.45, 7) is 6.63. The van der Waals surface area contributed by atoms with Crippen LogP contribution in [0.2, 0.25) is 0 Å². The summed E-state index contributed by atoms with van der Waals surface area (Å²) in [7, 11) is 0. The zero-order chi connectivity index (χ0) is 13.1. The number of aryl methyl sites for hydroxylation is 3. The van der Waals surface area contributed by atoms with E-state index in [1.165, 1.54) is 6.20 Å². The van der Waals surface area contributed by atoms with E-state index in [9.17, 15) is 4.79 Å². The maximum atomic E-state index is 11.8. The molecule has 2 heterocycles. The molecule has 5 nitrogen and oxygen atoms in total. The molecule has 0 atom stereocenters. The van der Waals surface area contributed by atoms with Gasteiger partial charge in [-0.2, -0.15) is 5.10 Å². The average Bonchev–Trinajstić information content (AvgIpc) is 2.93. The van der Waals surface area contributed by atoms with Gasteiger partial charge in [0.15, 0.2) is 0 Å². The zero-order valence-corrected chi connectivity index (χ0v) is 10.8. The second kappa shape index (κ2) is 5.08. The summed E-state index contributed by atoms with van der Waals surface area (Å²) in [6.07, 6.45) is 3.19. The fourth-order valence-electron chi connectivity index (χ4n) is 1.70. The number of aromatic nitrogens is 2. The van der Waals surface area contributed by atoms with Gasteiger partial charge in [0.25, 0.3) is 0 Å². The highest BCUT2D eigenvalue weighted by Crippen LogP contribution is 2.15. The molecule has 0 aliphatic heterocycles. The molecule has 0 saturated carbocycles. The van der Waals surface area contributed by atoms with Crippen molar-refractivity contribution in [2.75, 3.05) is 0 Å². The van der Waals surface area contributed by atoms with E-state index in [0.29, 0.717) is 5.56 Å². The van der Waals surface area contributed by atoms with E-state index in [0.717, 1.165) is 23.6 Å². The Morgan fingerprint density at radius 1 is 1.50 bits per heavy atom. The van der Waals surface area contributed by atoms with Gasteiger partial charge in [-0.1, -0.05) is 0 Å². The molecule has 0 N–H and O–H groups in total. The van der Waals surface area contributed by atoms with Gasteiger partial charge < -0.3 is 9.15 Å².